The van der Waals surface area contributed by atoms with E-state index in [1.165, 1.54) is 5.56 Å². The summed E-state index contributed by atoms with van der Waals surface area (Å²) in [6.07, 6.45) is 1.69. The van der Waals surface area contributed by atoms with Gasteiger partial charge in [0.1, 0.15) is 0 Å². The van der Waals surface area contributed by atoms with E-state index in [1.807, 2.05) is 12.1 Å². The standard InChI is InChI=1S/C13H16ClN3/c1-13(2,3)10-4-6-11(7-5-10)17-12(8-14)9-15-16-17/h4-7,9H,8H2,1-3H3. The molecule has 0 spiro atoms. The van der Waals surface area contributed by atoms with Crippen molar-refractivity contribution in [2.24, 2.45) is 0 Å². The van der Waals surface area contributed by atoms with Crippen LogP contribution in [0.1, 0.15) is 32.0 Å². The summed E-state index contributed by atoms with van der Waals surface area (Å²) < 4.78 is 1.76. The molecular formula is C13H16ClN3. The fraction of sp³-hybridized carbons (Fsp3) is 0.385. The first kappa shape index (κ1) is 12.1. The average Bonchev–Trinajstić information content (AvgIpc) is 2.76. The largest absolute Gasteiger partial charge is 0.216 e. The zero-order valence-corrected chi connectivity index (χ0v) is 11.1. The zero-order valence-electron chi connectivity index (χ0n) is 10.3. The van der Waals surface area contributed by atoms with E-state index in [-0.39, 0.29) is 5.41 Å². The van der Waals surface area contributed by atoms with E-state index in [0.29, 0.717) is 5.88 Å². The van der Waals surface area contributed by atoms with Crippen LogP contribution in [0.15, 0.2) is 30.5 Å². The Hall–Kier alpha value is -1.35. The minimum absolute atomic E-state index is 0.163. The van der Waals surface area contributed by atoms with Gasteiger partial charge in [-0.3, -0.25) is 0 Å². The summed E-state index contributed by atoms with van der Waals surface area (Å²) >= 11 is 5.83. The van der Waals surface area contributed by atoms with Crippen molar-refractivity contribution < 1.29 is 0 Å². The van der Waals surface area contributed by atoms with Crippen LogP contribution < -0.4 is 0 Å². The van der Waals surface area contributed by atoms with Crippen molar-refractivity contribution in [3.05, 3.63) is 41.7 Å². The normalized spacial score (nSPS) is 11.8. The molecule has 0 fully saturated rings. The lowest BCUT2D eigenvalue weighted by Gasteiger charge is -2.19. The molecule has 0 bridgehead atoms. The SMILES string of the molecule is CC(C)(C)c1ccc(-n2nncc2CCl)cc1. The van der Waals surface area contributed by atoms with E-state index in [1.54, 1.807) is 10.9 Å². The number of alkyl halides is 1. The van der Waals surface area contributed by atoms with Crippen molar-refractivity contribution in [2.45, 2.75) is 32.1 Å². The highest BCUT2D eigenvalue weighted by Gasteiger charge is 2.13. The molecule has 1 aromatic heterocycles. The fourth-order valence-electron chi connectivity index (χ4n) is 1.67. The van der Waals surface area contributed by atoms with Crippen LogP contribution in [-0.4, -0.2) is 15.0 Å². The van der Waals surface area contributed by atoms with Gasteiger partial charge in [-0.25, -0.2) is 4.68 Å². The lowest BCUT2D eigenvalue weighted by molar-refractivity contribution is 0.590. The van der Waals surface area contributed by atoms with Crippen LogP contribution in [0.4, 0.5) is 0 Å². The van der Waals surface area contributed by atoms with Gasteiger partial charge >= 0.3 is 0 Å². The van der Waals surface area contributed by atoms with Gasteiger partial charge in [0.05, 0.1) is 23.5 Å². The Morgan fingerprint density at radius 1 is 1.18 bits per heavy atom. The van der Waals surface area contributed by atoms with Crippen LogP contribution in [-0.2, 0) is 11.3 Å². The molecule has 1 heterocycles. The summed E-state index contributed by atoms with van der Waals surface area (Å²) in [5, 5.41) is 7.90. The molecule has 0 saturated carbocycles. The second kappa shape index (κ2) is 4.49. The van der Waals surface area contributed by atoms with Crippen molar-refractivity contribution in [3.63, 3.8) is 0 Å². The Morgan fingerprint density at radius 3 is 2.35 bits per heavy atom. The molecule has 0 atom stereocenters. The molecule has 0 aliphatic rings. The predicted octanol–water partition coefficient (Wildman–Crippen LogP) is 3.30. The molecule has 0 N–H and O–H groups in total. The van der Waals surface area contributed by atoms with Crippen LogP contribution in [0.25, 0.3) is 5.69 Å². The lowest BCUT2D eigenvalue weighted by atomic mass is 9.87. The number of benzene rings is 1. The summed E-state index contributed by atoms with van der Waals surface area (Å²) in [5.41, 5.74) is 3.35. The van der Waals surface area contributed by atoms with Crippen molar-refractivity contribution in [1.29, 1.82) is 0 Å². The summed E-state index contributed by atoms with van der Waals surface area (Å²) in [6.45, 7) is 6.59. The summed E-state index contributed by atoms with van der Waals surface area (Å²) in [6, 6.07) is 8.33. The first-order valence-corrected chi connectivity index (χ1v) is 6.12. The zero-order chi connectivity index (χ0) is 12.5. The topological polar surface area (TPSA) is 30.7 Å². The Labute approximate surface area is 106 Å². The highest BCUT2D eigenvalue weighted by molar-refractivity contribution is 6.16. The van der Waals surface area contributed by atoms with Crippen molar-refractivity contribution in [3.8, 4) is 5.69 Å². The maximum Gasteiger partial charge on any atom is 0.0793 e. The highest BCUT2D eigenvalue weighted by atomic mass is 35.5. The molecule has 4 heteroatoms. The monoisotopic (exact) mass is 249 g/mol. The van der Waals surface area contributed by atoms with E-state index in [0.717, 1.165) is 11.4 Å². The van der Waals surface area contributed by atoms with Crippen LogP contribution in [0.2, 0.25) is 0 Å². The van der Waals surface area contributed by atoms with Crippen LogP contribution >= 0.6 is 11.6 Å². The number of halogens is 1. The average molecular weight is 250 g/mol. The molecule has 0 saturated heterocycles. The lowest BCUT2D eigenvalue weighted by Crippen LogP contribution is -2.11. The third-order valence-electron chi connectivity index (χ3n) is 2.73. The Balaban J connectivity index is 2.36. The van der Waals surface area contributed by atoms with Crippen LogP contribution in [0, 0.1) is 0 Å². The fourth-order valence-corrected chi connectivity index (χ4v) is 1.85. The Morgan fingerprint density at radius 2 is 1.82 bits per heavy atom. The van der Waals surface area contributed by atoms with E-state index in [9.17, 15) is 0 Å². The molecule has 3 nitrogen and oxygen atoms in total. The maximum absolute atomic E-state index is 5.83. The maximum atomic E-state index is 5.83. The van der Waals surface area contributed by atoms with E-state index < -0.39 is 0 Å². The van der Waals surface area contributed by atoms with Gasteiger partial charge in [0.15, 0.2) is 0 Å². The van der Waals surface area contributed by atoms with Crippen LogP contribution in [0.3, 0.4) is 0 Å². The van der Waals surface area contributed by atoms with E-state index in [4.69, 9.17) is 11.6 Å². The highest BCUT2D eigenvalue weighted by Crippen LogP contribution is 2.23. The molecule has 2 rings (SSSR count). The third kappa shape index (κ3) is 2.50. The molecule has 0 unspecified atom stereocenters. The van der Waals surface area contributed by atoms with E-state index in [2.05, 4.69) is 43.2 Å². The molecule has 0 radical (unpaired) electrons. The number of aromatic nitrogens is 3. The minimum atomic E-state index is 0.163. The van der Waals surface area contributed by atoms with Gasteiger partial charge in [0.2, 0.25) is 0 Å². The van der Waals surface area contributed by atoms with Crippen molar-refractivity contribution in [2.75, 3.05) is 0 Å². The number of nitrogens with zero attached hydrogens (tertiary/aromatic N) is 3. The van der Waals surface area contributed by atoms with Gasteiger partial charge in [-0.15, -0.1) is 16.7 Å². The quantitative estimate of drug-likeness (QED) is 0.765. The van der Waals surface area contributed by atoms with Gasteiger partial charge in [0.25, 0.3) is 0 Å². The minimum Gasteiger partial charge on any atom is -0.216 e. The molecule has 2 aromatic rings. The molecular weight excluding hydrogens is 234 g/mol. The van der Waals surface area contributed by atoms with Crippen LogP contribution in [0.5, 0.6) is 0 Å². The molecule has 0 aliphatic carbocycles. The number of hydrogen-bond acceptors (Lipinski definition) is 2. The first-order valence-electron chi connectivity index (χ1n) is 5.59. The summed E-state index contributed by atoms with van der Waals surface area (Å²) in [4.78, 5) is 0. The summed E-state index contributed by atoms with van der Waals surface area (Å²) in [5.74, 6) is 0.411. The van der Waals surface area contributed by atoms with Gasteiger partial charge in [-0.1, -0.05) is 38.1 Å². The third-order valence-corrected chi connectivity index (χ3v) is 3.01. The Kier molecular flexibility index (Phi) is 3.20. The smallest absolute Gasteiger partial charge is 0.0793 e. The van der Waals surface area contributed by atoms with Gasteiger partial charge in [-0.05, 0) is 23.1 Å². The van der Waals surface area contributed by atoms with Gasteiger partial charge in [-0.2, -0.15) is 0 Å². The Bertz CT molecular complexity index is 494. The van der Waals surface area contributed by atoms with Gasteiger partial charge < -0.3 is 0 Å². The summed E-state index contributed by atoms with van der Waals surface area (Å²) in [7, 11) is 0. The van der Waals surface area contributed by atoms with E-state index >= 15 is 0 Å². The molecule has 17 heavy (non-hydrogen) atoms. The van der Waals surface area contributed by atoms with Crippen molar-refractivity contribution in [1.82, 2.24) is 15.0 Å². The number of hydrogen-bond donors (Lipinski definition) is 0. The second-order valence-corrected chi connectivity index (χ2v) is 5.33. The molecule has 0 aliphatic heterocycles. The second-order valence-electron chi connectivity index (χ2n) is 5.07. The van der Waals surface area contributed by atoms with Gasteiger partial charge in [0, 0.05) is 0 Å². The molecule has 90 valence electrons. The number of rotatable bonds is 2. The first-order chi connectivity index (χ1) is 8.02. The molecule has 1 aromatic carbocycles. The predicted molar refractivity (Wildman–Crippen MR) is 69.6 cm³/mol. The van der Waals surface area contributed by atoms with Crippen molar-refractivity contribution >= 4 is 11.6 Å². The molecule has 0 amide bonds.